The summed E-state index contributed by atoms with van der Waals surface area (Å²) in [5, 5.41) is 7.84. The first-order chi connectivity index (χ1) is 5.42. The van der Waals surface area contributed by atoms with Gasteiger partial charge in [0.1, 0.15) is 0 Å². The van der Waals surface area contributed by atoms with Gasteiger partial charge in [0.05, 0.1) is 6.61 Å². The van der Waals surface area contributed by atoms with Gasteiger partial charge in [-0.25, -0.2) is 9.18 Å². The molecule has 0 aromatic heterocycles. The maximum atomic E-state index is 12.3. The maximum absolute atomic E-state index is 12.3. The van der Waals surface area contributed by atoms with Crippen LogP contribution in [0.1, 0.15) is 13.3 Å². The highest BCUT2D eigenvalue weighted by Gasteiger charge is 2.49. The van der Waals surface area contributed by atoms with Crippen LogP contribution < -0.4 is 0 Å². The minimum Gasteiger partial charge on any atom is -0.477 e. The fraction of sp³-hybridized carbons (Fsp3) is 0.833. The van der Waals surface area contributed by atoms with Gasteiger partial charge in [-0.05, 0) is 6.42 Å². The molecule has 0 aromatic carbocycles. The predicted octanol–water partition coefficient (Wildman–Crippen LogP) is 1.43. The van der Waals surface area contributed by atoms with Gasteiger partial charge in [0.15, 0.2) is 0 Å². The topological polar surface area (TPSA) is 46.5 Å². The largest absolute Gasteiger partial charge is 0.477 e. The van der Waals surface area contributed by atoms with Crippen LogP contribution in [0, 0.1) is 0 Å². The molecule has 12 heavy (non-hydrogen) atoms. The van der Waals surface area contributed by atoms with E-state index < -0.39 is 18.2 Å². The molecule has 0 spiro atoms. The third kappa shape index (κ3) is 2.69. The Morgan fingerprint density at radius 2 is 2.17 bits per heavy atom. The van der Waals surface area contributed by atoms with Gasteiger partial charge in [0, 0.05) is 0 Å². The van der Waals surface area contributed by atoms with E-state index in [2.05, 4.69) is 4.74 Å². The standard InChI is InChI=1S/C6H9F3O3/c1-2-3-12-4(7)6(8,9)5(10)11/h4H,2-3H2,1H3,(H,10,11). The lowest BCUT2D eigenvalue weighted by molar-refractivity contribution is -0.214. The van der Waals surface area contributed by atoms with Crippen molar-refractivity contribution in [2.24, 2.45) is 0 Å². The van der Waals surface area contributed by atoms with Crippen molar-refractivity contribution in [1.29, 1.82) is 0 Å². The molecule has 0 aromatic rings. The quantitative estimate of drug-likeness (QED) is 0.706. The zero-order valence-corrected chi connectivity index (χ0v) is 6.39. The molecule has 0 saturated carbocycles. The maximum Gasteiger partial charge on any atom is 0.396 e. The first-order valence-corrected chi connectivity index (χ1v) is 3.29. The van der Waals surface area contributed by atoms with Gasteiger partial charge in [-0.15, -0.1) is 0 Å². The summed E-state index contributed by atoms with van der Waals surface area (Å²) in [4.78, 5) is 9.76. The van der Waals surface area contributed by atoms with E-state index in [-0.39, 0.29) is 6.61 Å². The molecular formula is C6H9F3O3. The summed E-state index contributed by atoms with van der Waals surface area (Å²) in [5.41, 5.74) is 0. The van der Waals surface area contributed by atoms with E-state index in [4.69, 9.17) is 5.11 Å². The number of aliphatic carboxylic acids is 1. The average molecular weight is 186 g/mol. The Morgan fingerprint density at radius 1 is 1.67 bits per heavy atom. The summed E-state index contributed by atoms with van der Waals surface area (Å²) in [5.74, 6) is -6.99. The van der Waals surface area contributed by atoms with Gasteiger partial charge in [0.25, 0.3) is 6.36 Å². The van der Waals surface area contributed by atoms with Crippen LogP contribution in [0.4, 0.5) is 13.2 Å². The van der Waals surface area contributed by atoms with E-state index in [1.54, 1.807) is 6.92 Å². The molecule has 0 heterocycles. The number of halogens is 3. The van der Waals surface area contributed by atoms with Crippen molar-refractivity contribution >= 4 is 5.97 Å². The molecule has 1 atom stereocenters. The second-order valence-electron chi connectivity index (χ2n) is 2.11. The Hall–Kier alpha value is -0.780. The summed E-state index contributed by atoms with van der Waals surface area (Å²) < 4.78 is 40.5. The van der Waals surface area contributed by atoms with E-state index >= 15 is 0 Å². The molecule has 0 bridgehead atoms. The second kappa shape index (κ2) is 4.30. The lowest BCUT2D eigenvalue weighted by Gasteiger charge is -2.15. The second-order valence-corrected chi connectivity index (χ2v) is 2.11. The first kappa shape index (κ1) is 11.2. The number of carboxylic acid groups (broad SMARTS) is 1. The molecule has 0 aliphatic carbocycles. The molecule has 0 fully saturated rings. The van der Waals surface area contributed by atoms with E-state index in [0.29, 0.717) is 6.42 Å². The van der Waals surface area contributed by atoms with Crippen molar-refractivity contribution in [3.8, 4) is 0 Å². The highest BCUT2D eigenvalue weighted by atomic mass is 19.3. The fourth-order valence-electron chi connectivity index (χ4n) is 0.423. The normalized spacial score (nSPS) is 14.3. The highest BCUT2D eigenvalue weighted by Crippen LogP contribution is 2.22. The molecule has 3 nitrogen and oxygen atoms in total. The van der Waals surface area contributed by atoms with Crippen molar-refractivity contribution in [1.82, 2.24) is 0 Å². The number of carbonyl (C=O) groups is 1. The third-order valence-corrected chi connectivity index (χ3v) is 1.04. The van der Waals surface area contributed by atoms with Crippen molar-refractivity contribution in [2.75, 3.05) is 6.61 Å². The third-order valence-electron chi connectivity index (χ3n) is 1.04. The summed E-state index contributed by atoms with van der Waals surface area (Å²) in [7, 11) is 0. The van der Waals surface area contributed by atoms with Gasteiger partial charge in [-0.2, -0.15) is 8.78 Å². The lowest BCUT2D eigenvalue weighted by atomic mass is 10.3. The van der Waals surface area contributed by atoms with Crippen LogP contribution in [0.25, 0.3) is 0 Å². The van der Waals surface area contributed by atoms with Gasteiger partial charge in [-0.1, -0.05) is 6.92 Å². The number of alkyl halides is 3. The molecule has 0 rings (SSSR count). The molecule has 0 radical (unpaired) electrons. The zero-order valence-electron chi connectivity index (χ0n) is 6.39. The van der Waals surface area contributed by atoms with E-state index in [1.165, 1.54) is 0 Å². The Bertz CT molecular complexity index is 160. The smallest absolute Gasteiger partial charge is 0.396 e. The van der Waals surface area contributed by atoms with E-state index in [9.17, 15) is 18.0 Å². The Balaban J connectivity index is 4.06. The molecule has 1 N–H and O–H groups in total. The molecule has 1 unspecified atom stereocenters. The van der Waals surface area contributed by atoms with Gasteiger partial charge < -0.3 is 9.84 Å². The van der Waals surface area contributed by atoms with E-state index in [1.807, 2.05) is 0 Å². The molecule has 0 aliphatic heterocycles. The Labute approximate surface area is 67.1 Å². The van der Waals surface area contributed by atoms with Crippen LogP contribution in [-0.2, 0) is 9.53 Å². The minimum absolute atomic E-state index is 0.232. The van der Waals surface area contributed by atoms with Crippen LogP contribution >= 0.6 is 0 Å². The number of rotatable bonds is 5. The monoisotopic (exact) mass is 186 g/mol. The van der Waals surface area contributed by atoms with Gasteiger partial charge in [0.2, 0.25) is 0 Å². The highest BCUT2D eigenvalue weighted by molar-refractivity contribution is 5.75. The number of carboxylic acids is 1. The van der Waals surface area contributed by atoms with Crippen molar-refractivity contribution in [3.05, 3.63) is 0 Å². The molecule has 0 amide bonds. The number of hydrogen-bond acceptors (Lipinski definition) is 2. The predicted molar refractivity (Wildman–Crippen MR) is 33.7 cm³/mol. The van der Waals surface area contributed by atoms with Crippen LogP contribution in [0.5, 0.6) is 0 Å². The molecular weight excluding hydrogens is 177 g/mol. The number of ether oxygens (including phenoxy) is 1. The van der Waals surface area contributed by atoms with E-state index in [0.717, 1.165) is 0 Å². The van der Waals surface area contributed by atoms with Gasteiger partial charge in [-0.3, -0.25) is 0 Å². The van der Waals surface area contributed by atoms with Crippen LogP contribution in [0.3, 0.4) is 0 Å². The van der Waals surface area contributed by atoms with Crippen molar-refractivity contribution in [2.45, 2.75) is 25.6 Å². The van der Waals surface area contributed by atoms with Crippen molar-refractivity contribution < 1.29 is 27.8 Å². The summed E-state index contributed by atoms with van der Waals surface area (Å²) in [6, 6.07) is 0. The van der Waals surface area contributed by atoms with Crippen LogP contribution in [0.15, 0.2) is 0 Å². The molecule has 6 heteroatoms. The molecule has 0 aliphatic rings. The van der Waals surface area contributed by atoms with Crippen LogP contribution in [0.2, 0.25) is 0 Å². The lowest BCUT2D eigenvalue weighted by Crippen LogP contribution is -2.40. The van der Waals surface area contributed by atoms with Gasteiger partial charge >= 0.3 is 11.9 Å². The molecule has 0 saturated heterocycles. The average Bonchev–Trinajstić information content (AvgIpc) is 1.99. The first-order valence-electron chi connectivity index (χ1n) is 3.29. The molecule has 72 valence electrons. The van der Waals surface area contributed by atoms with Crippen LogP contribution in [-0.4, -0.2) is 30.0 Å². The Kier molecular flexibility index (Phi) is 4.02. The zero-order chi connectivity index (χ0) is 9.78. The fourth-order valence-corrected chi connectivity index (χ4v) is 0.423. The number of hydrogen-bond donors (Lipinski definition) is 1. The summed E-state index contributed by atoms with van der Waals surface area (Å²) >= 11 is 0. The Morgan fingerprint density at radius 3 is 2.50 bits per heavy atom. The summed E-state index contributed by atoms with van der Waals surface area (Å²) in [6.45, 7) is 1.36. The summed E-state index contributed by atoms with van der Waals surface area (Å²) in [6.07, 6.45) is -2.73. The van der Waals surface area contributed by atoms with Crippen molar-refractivity contribution in [3.63, 3.8) is 0 Å². The minimum atomic E-state index is -4.46. The SMILES string of the molecule is CCCOC(F)C(F)(F)C(=O)O.